The number of nitrogens with zero attached hydrogens (tertiary/aromatic N) is 2. The molecule has 2 unspecified atom stereocenters. The molecule has 2 atom stereocenters. The van der Waals surface area contributed by atoms with Gasteiger partial charge in [0.1, 0.15) is 11.9 Å². The number of piperidine rings is 1. The summed E-state index contributed by atoms with van der Waals surface area (Å²) in [5.41, 5.74) is 6.59. The van der Waals surface area contributed by atoms with Crippen LogP contribution in [0.1, 0.15) is 42.5 Å². The van der Waals surface area contributed by atoms with E-state index in [-0.39, 0.29) is 11.8 Å². The van der Waals surface area contributed by atoms with Crippen molar-refractivity contribution in [1.82, 2.24) is 9.88 Å². The average molecular weight is 439 g/mol. The second kappa shape index (κ2) is 8.24. The van der Waals surface area contributed by atoms with E-state index in [0.717, 1.165) is 30.7 Å². The fourth-order valence-corrected chi connectivity index (χ4v) is 4.39. The number of rotatable bonds is 3. The van der Waals surface area contributed by atoms with Crippen LogP contribution >= 0.6 is 0 Å². The molecule has 31 heavy (non-hydrogen) atoms. The number of carbonyl (C=O) groups is 1. The van der Waals surface area contributed by atoms with Gasteiger partial charge in [-0.15, -0.1) is 13.2 Å². The van der Waals surface area contributed by atoms with Gasteiger partial charge < -0.3 is 20.1 Å². The molecule has 2 amide bonds. The lowest BCUT2D eigenvalue weighted by molar-refractivity contribution is -0.275. The molecule has 1 fully saturated rings. The third-order valence-corrected chi connectivity index (χ3v) is 5.86. The summed E-state index contributed by atoms with van der Waals surface area (Å²) in [4.78, 5) is 17.5. The number of likely N-dealkylation sites (tertiary alicyclic amines) is 1. The molecule has 2 aliphatic rings. The molecule has 6 nitrogen and oxygen atoms in total. The van der Waals surface area contributed by atoms with Crippen molar-refractivity contribution in [3.8, 4) is 11.5 Å². The topological polar surface area (TPSA) is 77.7 Å². The number of ether oxygens (including phenoxy) is 2. The van der Waals surface area contributed by atoms with E-state index < -0.39 is 30.1 Å². The first-order valence-corrected chi connectivity index (χ1v) is 9.92. The minimum Gasteiger partial charge on any atom is -0.484 e. The number of halogens is 4. The smallest absolute Gasteiger partial charge is 0.484 e. The zero-order valence-electron chi connectivity index (χ0n) is 16.4. The maximum absolute atomic E-state index is 14.3. The number of primary amides is 1. The van der Waals surface area contributed by atoms with E-state index in [1.807, 2.05) is 0 Å². The Morgan fingerprint density at radius 2 is 1.97 bits per heavy atom. The Morgan fingerprint density at radius 1 is 1.23 bits per heavy atom. The summed E-state index contributed by atoms with van der Waals surface area (Å²) in [6, 6.07) is 6.41. The molecule has 2 aliphatic heterocycles. The van der Waals surface area contributed by atoms with Gasteiger partial charge in [-0.25, -0.2) is 9.18 Å². The average Bonchev–Trinajstić information content (AvgIpc) is 2.73. The van der Waals surface area contributed by atoms with Crippen LogP contribution in [0.5, 0.6) is 11.5 Å². The maximum atomic E-state index is 14.3. The number of hydrogen-bond donors (Lipinski definition) is 1. The summed E-state index contributed by atoms with van der Waals surface area (Å²) in [5.74, 6) is -1.21. The lowest BCUT2D eigenvalue weighted by atomic mass is 9.77. The fourth-order valence-electron chi connectivity index (χ4n) is 4.39. The molecular formula is C21H21F4N3O3. The number of alkyl halides is 3. The van der Waals surface area contributed by atoms with Gasteiger partial charge in [0, 0.05) is 25.2 Å². The number of carbonyl (C=O) groups excluding carboxylic acids is 1. The molecule has 0 saturated carbocycles. The van der Waals surface area contributed by atoms with Gasteiger partial charge in [-0.2, -0.15) is 0 Å². The number of aromatic nitrogens is 1. The van der Waals surface area contributed by atoms with Gasteiger partial charge in [-0.1, -0.05) is 6.07 Å². The van der Waals surface area contributed by atoms with Crippen LogP contribution in [0.4, 0.5) is 22.4 Å². The van der Waals surface area contributed by atoms with Crippen molar-refractivity contribution in [3.05, 3.63) is 53.6 Å². The van der Waals surface area contributed by atoms with E-state index in [4.69, 9.17) is 10.5 Å². The second-order valence-corrected chi connectivity index (χ2v) is 7.74. The molecule has 10 heteroatoms. The molecule has 1 saturated heterocycles. The predicted octanol–water partition coefficient (Wildman–Crippen LogP) is 4.52. The summed E-state index contributed by atoms with van der Waals surface area (Å²) < 4.78 is 61.3. The molecule has 4 rings (SSSR count). The van der Waals surface area contributed by atoms with E-state index in [0.29, 0.717) is 30.8 Å². The van der Waals surface area contributed by atoms with Gasteiger partial charge in [-0.05, 0) is 55.0 Å². The Morgan fingerprint density at radius 3 is 2.61 bits per heavy atom. The number of fused-ring (bicyclic) bond motifs is 1. The number of amides is 2. The molecule has 2 N–H and O–H groups in total. The van der Waals surface area contributed by atoms with Crippen molar-refractivity contribution in [1.29, 1.82) is 0 Å². The van der Waals surface area contributed by atoms with Crippen LogP contribution in [0.3, 0.4) is 0 Å². The Kier molecular flexibility index (Phi) is 5.63. The van der Waals surface area contributed by atoms with Crippen LogP contribution in [0.15, 0.2) is 36.5 Å². The normalized spacial score (nSPS) is 21.9. The van der Waals surface area contributed by atoms with Crippen molar-refractivity contribution in [2.45, 2.75) is 37.6 Å². The minimum absolute atomic E-state index is 0.000797. The number of urea groups is 1. The number of nitrogens with two attached hydrogens (primary N) is 1. The molecule has 0 radical (unpaired) electrons. The summed E-state index contributed by atoms with van der Waals surface area (Å²) in [5, 5.41) is 0. The highest BCUT2D eigenvalue weighted by Gasteiger charge is 2.38. The van der Waals surface area contributed by atoms with E-state index in [1.165, 1.54) is 6.07 Å². The Balaban J connectivity index is 1.57. The first-order chi connectivity index (χ1) is 14.7. The van der Waals surface area contributed by atoms with Crippen molar-refractivity contribution in [2.24, 2.45) is 11.7 Å². The second-order valence-electron chi connectivity index (χ2n) is 7.74. The van der Waals surface area contributed by atoms with Crippen LogP contribution in [-0.2, 0) is 0 Å². The van der Waals surface area contributed by atoms with Crippen LogP contribution in [0.2, 0.25) is 0 Å². The summed E-state index contributed by atoms with van der Waals surface area (Å²) in [6.07, 6.45) is -1.88. The first kappa shape index (κ1) is 21.2. The highest BCUT2D eigenvalue weighted by molar-refractivity contribution is 5.72. The number of hydrogen-bond acceptors (Lipinski definition) is 4. The quantitative estimate of drug-likeness (QED) is 0.714. The van der Waals surface area contributed by atoms with Crippen LogP contribution < -0.4 is 15.2 Å². The third kappa shape index (κ3) is 4.67. The van der Waals surface area contributed by atoms with Crippen LogP contribution in [0.25, 0.3) is 0 Å². The van der Waals surface area contributed by atoms with Crippen LogP contribution in [0, 0.1) is 11.7 Å². The Hall–Kier alpha value is -3.04. The molecule has 0 bridgehead atoms. The molecule has 2 aromatic rings. The lowest BCUT2D eigenvalue weighted by Gasteiger charge is -2.39. The highest BCUT2D eigenvalue weighted by Crippen LogP contribution is 2.47. The Bertz CT molecular complexity index is 961. The van der Waals surface area contributed by atoms with E-state index in [9.17, 15) is 22.4 Å². The molecule has 1 aromatic heterocycles. The standard InChI is InChI=1S/C21H21F4N3O3/c22-15-10-13(3-4-16(15)31-21(23,24)25)18-11-14(19-17(30-18)2-1-7-27-19)12-5-8-28(9-6-12)20(26)29/h1-4,7,10,12,14,18H,5-6,8-9,11H2,(H2,26,29). The number of benzene rings is 1. The highest BCUT2D eigenvalue weighted by atomic mass is 19.4. The zero-order chi connectivity index (χ0) is 22.2. The molecule has 0 aliphatic carbocycles. The van der Waals surface area contributed by atoms with Crippen molar-refractivity contribution in [2.75, 3.05) is 13.1 Å². The monoisotopic (exact) mass is 439 g/mol. The van der Waals surface area contributed by atoms with Crippen molar-refractivity contribution >= 4 is 6.03 Å². The first-order valence-electron chi connectivity index (χ1n) is 9.92. The van der Waals surface area contributed by atoms with Gasteiger partial charge in [0.05, 0.1) is 5.69 Å². The summed E-state index contributed by atoms with van der Waals surface area (Å²) in [6.45, 7) is 1.09. The molecule has 0 spiro atoms. The van der Waals surface area contributed by atoms with Crippen molar-refractivity contribution < 1.29 is 31.8 Å². The van der Waals surface area contributed by atoms with Crippen molar-refractivity contribution in [3.63, 3.8) is 0 Å². The van der Waals surface area contributed by atoms with Gasteiger partial charge in [0.15, 0.2) is 11.6 Å². The largest absolute Gasteiger partial charge is 0.573 e. The van der Waals surface area contributed by atoms with Gasteiger partial charge in [0.2, 0.25) is 0 Å². The maximum Gasteiger partial charge on any atom is 0.573 e. The predicted molar refractivity (Wildman–Crippen MR) is 102 cm³/mol. The lowest BCUT2D eigenvalue weighted by Crippen LogP contribution is -2.43. The van der Waals surface area contributed by atoms with E-state index >= 15 is 0 Å². The minimum atomic E-state index is -4.97. The van der Waals surface area contributed by atoms with Gasteiger partial charge in [0.25, 0.3) is 0 Å². The van der Waals surface area contributed by atoms with E-state index in [1.54, 1.807) is 23.2 Å². The zero-order valence-corrected chi connectivity index (χ0v) is 16.4. The summed E-state index contributed by atoms with van der Waals surface area (Å²) in [7, 11) is 0. The van der Waals surface area contributed by atoms with Gasteiger partial charge >= 0.3 is 12.4 Å². The SMILES string of the molecule is NC(=O)N1CCC(C2CC(c3ccc(OC(F)(F)F)c(F)c3)Oc3cccnc32)CC1. The fraction of sp³-hybridized carbons (Fsp3) is 0.429. The summed E-state index contributed by atoms with van der Waals surface area (Å²) >= 11 is 0. The third-order valence-electron chi connectivity index (χ3n) is 5.86. The number of pyridine rings is 1. The molecule has 3 heterocycles. The van der Waals surface area contributed by atoms with Crippen LogP contribution in [-0.4, -0.2) is 35.4 Å². The molecule has 166 valence electrons. The molecule has 1 aromatic carbocycles. The Labute approximate surface area is 175 Å². The van der Waals surface area contributed by atoms with E-state index in [2.05, 4.69) is 9.72 Å². The van der Waals surface area contributed by atoms with Gasteiger partial charge in [-0.3, -0.25) is 4.98 Å². The molecular weight excluding hydrogens is 418 g/mol.